The van der Waals surface area contributed by atoms with Gasteiger partial charge in [0.15, 0.2) is 11.5 Å². The van der Waals surface area contributed by atoms with Gasteiger partial charge in [0.2, 0.25) is 0 Å². The first kappa shape index (κ1) is 22.6. The van der Waals surface area contributed by atoms with E-state index in [0.717, 1.165) is 12.1 Å². The number of carbonyl (C=O) groups is 2. The molecule has 3 N–H and O–H groups in total. The molecule has 0 aliphatic carbocycles. The molecule has 1 aliphatic heterocycles. The first-order valence-electron chi connectivity index (χ1n) is 9.28. The summed E-state index contributed by atoms with van der Waals surface area (Å²) in [4.78, 5) is 27.5. The molecule has 12 heteroatoms. The highest BCUT2D eigenvalue weighted by molar-refractivity contribution is 6.31. The van der Waals surface area contributed by atoms with E-state index in [1.54, 1.807) is 25.7 Å². The number of hydrogen-bond acceptors (Lipinski definition) is 7. The van der Waals surface area contributed by atoms with E-state index in [1.165, 1.54) is 11.0 Å². The second-order valence-corrected chi connectivity index (χ2v) is 8.17. The largest absolute Gasteiger partial charge is 0.443 e. The van der Waals surface area contributed by atoms with Gasteiger partial charge in [0.1, 0.15) is 17.2 Å². The summed E-state index contributed by atoms with van der Waals surface area (Å²) in [6.45, 7) is 5.36. The van der Waals surface area contributed by atoms with Crippen molar-refractivity contribution in [3.63, 3.8) is 0 Å². The molecule has 0 radical (unpaired) electrons. The van der Waals surface area contributed by atoms with Gasteiger partial charge in [-0.15, -0.1) is 10.2 Å². The van der Waals surface area contributed by atoms with E-state index in [-0.39, 0.29) is 47.4 Å². The van der Waals surface area contributed by atoms with Gasteiger partial charge in [0, 0.05) is 25.2 Å². The maximum Gasteiger partial charge on any atom is 0.416 e. The fourth-order valence-corrected chi connectivity index (χ4v) is 3.21. The van der Waals surface area contributed by atoms with Crippen LogP contribution in [0.4, 0.5) is 25.1 Å². The van der Waals surface area contributed by atoms with Crippen molar-refractivity contribution >= 4 is 35.1 Å². The van der Waals surface area contributed by atoms with Crippen LogP contribution in [-0.2, 0) is 11.3 Å². The number of hydrazine groups is 1. The molecule has 1 aromatic heterocycles. The number of benzene rings is 1. The lowest BCUT2D eigenvalue weighted by Crippen LogP contribution is -2.47. The number of anilines is 2. The fourth-order valence-electron chi connectivity index (χ4n) is 3.00. The second-order valence-electron chi connectivity index (χ2n) is 7.79. The average Bonchev–Trinajstić information content (AvgIpc) is 2.71. The Morgan fingerprint density at radius 3 is 2.55 bits per heavy atom. The van der Waals surface area contributed by atoms with Crippen LogP contribution in [0.15, 0.2) is 18.2 Å². The van der Waals surface area contributed by atoms with E-state index >= 15 is 0 Å². The first-order valence-corrected chi connectivity index (χ1v) is 9.66. The van der Waals surface area contributed by atoms with Crippen LogP contribution >= 0.6 is 11.6 Å². The molecular weight excluding hydrogens is 434 g/mol. The maximum absolute atomic E-state index is 14.3. The number of nitrogens with one attached hydrogen (secondary N) is 1. The quantitative estimate of drug-likeness (QED) is 0.317. The van der Waals surface area contributed by atoms with Crippen LogP contribution in [-0.4, -0.2) is 40.9 Å². The zero-order valence-corrected chi connectivity index (χ0v) is 17.8. The SMILES string of the molecule is CC(C)(C)OC(=O)N1CCN(Cc2c(F)ccc(F)c2Cl)c2cc(C(=O)NN)nnc21. The number of fused-ring (bicyclic) bond motifs is 1. The van der Waals surface area contributed by atoms with E-state index in [0.29, 0.717) is 0 Å². The van der Waals surface area contributed by atoms with Gasteiger partial charge in [-0.05, 0) is 39.0 Å². The number of halogens is 3. The Morgan fingerprint density at radius 2 is 1.90 bits per heavy atom. The van der Waals surface area contributed by atoms with Crippen LogP contribution < -0.4 is 21.1 Å². The van der Waals surface area contributed by atoms with Gasteiger partial charge in [-0.2, -0.15) is 0 Å². The molecule has 0 saturated carbocycles. The van der Waals surface area contributed by atoms with Crippen molar-refractivity contribution in [1.82, 2.24) is 15.6 Å². The third-order valence-corrected chi connectivity index (χ3v) is 4.82. The topological polar surface area (TPSA) is 114 Å². The van der Waals surface area contributed by atoms with Crippen LogP contribution in [0.3, 0.4) is 0 Å². The number of amides is 2. The minimum absolute atomic E-state index is 0.0695. The highest BCUT2D eigenvalue weighted by Gasteiger charge is 2.33. The van der Waals surface area contributed by atoms with Crippen molar-refractivity contribution in [2.24, 2.45) is 5.84 Å². The average molecular weight is 455 g/mol. The van der Waals surface area contributed by atoms with Gasteiger partial charge in [0.05, 0.1) is 10.7 Å². The van der Waals surface area contributed by atoms with Gasteiger partial charge in [-0.3, -0.25) is 15.1 Å². The smallest absolute Gasteiger partial charge is 0.416 e. The van der Waals surface area contributed by atoms with Crippen molar-refractivity contribution in [3.05, 3.63) is 46.1 Å². The Hall–Kier alpha value is -3.05. The van der Waals surface area contributed by atoms with E-state index in [9.17, 15) is 18.4 Å². The van der Waals surface area contributed by atoms with Crippen molar-refractivity contribution in [2.75, 3.05) is 22.9 Å². The summed E-state index contributed by atoms with van der Waals surface area (Å²) >= 11 is 5.97. The predicted molar refractivity (Wildman–Crippen MR) is 110 cm³/mol. The fraction of sp³-hybridized carbons (Fsp3) is 0.368. The molecule has 1 aromatic carbocycles. The number of carbonyl (C=O) groups excluding carboxylic acids is 2. The highest BCUT2D eigenvalue weighted by atomic mass is 35.5. The normalized spacial score (nSPS) is 13.6. The molecule has 31 heavy (non-hydrogen) atoms. The Bertz CT molecular complexity index is 1030. The zero-order chi connectivity index (χ0) is 22.9. The Morgan fingerprint density at radius 1 is 1.23 bits per heavy atom. The number of nitrogen functional groups attached to an aromatic ring is 1. The van der Waals surface area contributed by atoms with Crippen LogP contribution in [0.1, 0.15) is 36.8 Å². The third-order valence-electron chi connectivity index (χ3n) is 4.41. The van der Waals surface area contributed by atoms with Gasteiger partial charge in [-0.25, -0.2) is 19.4 Å². The Balaban J connectivity index is 2.03. The number of nitrogens with two attached hydrogens (primary N) is 1. The summed E-state index contributed by atoms with van der Waals surface area (Å²) in [7, 11) is 0. The lowest BCUT2D eigenvalue weighted by Gasteiger charge is -2.37. The number of rotatable bonds is 3. The van der Waals surface area contributed by atoms with Crippen LogP contribution in [0.5, 0.6) is 0 Å². The highest BCUT2D eigenvalue weighted by Crippen LogP contribution is 2.35. The first-order chi connectivity index (χ1) is 14.5. The molecular formula is C19H21ClF2N6O3. The summed E-state index contributed by atoms with van der Waals surface area (Å²) in [6.07, 6.45) is -0.659. The number of hydrogen-bond donors (Lipinski definition) is 2. The van der Waals surface area contributed by atoms with Crippen molar-refractivity contribution in [3.8, 4) is 0 Å². The molecule has 0 bridgehead atoms. The third kappa shape index (κ3) is 4.83. The van der Waals surface area contributed by atoms with Crippen LogP contribution in [0.25, 0.3) is 0 Å². The minimum atomic E-state index is -0.762. The number of nitrogens with zero attached hydrogens (tertiary/aromatic N) is 4. The number of ether oxygens (including phenoxy) is 1. The summed E-state index contributed by atoms with van der Waals surface area (Å²) in [5.41, 5.74) is 1.29. The summed E-state index contributed by atoms with van der Waals surface area (Å²) in [5.74, 6) is 3.10. The van der Waals surface area contributed by atoms with E-state index in [2.05, 4.69) is 10.2 Å². The monoisotopic (exact) mass is 454 g/mol. The van der Waals surface area contributed by atoms with Crippen molar-refractivity contribution in [1.29, 1.82) is 0 Å². The molecule has 2 heterocycles. The Kier molecular flexibility index (Phi) is 6.27. The second kappa shape index (κ2) is 8.60. The lowest BCUT2D eigenvalue weighted by atomic mass is 10.1. The molecule has 166 valence electrons. The molecule has 3 rings (SSSR count). The molecule has 2 aromatic rings. The van der Waals surface area contributed by atoms with E-state index < -0.39 is 29.2 Å². The molecule has 0 spiro atoms. The standard InChI is InChI=1S/C19H21ClF2N6O3/c1-19(2,3)31-18(30)28-7-6-27(9-10-11(21)4-5-12(22)15(10)20)14-8-13(17(29)24-23)25-26-16(14)28/h4-5,8H,6-7,9,23H2,1-3H3,(H,24,29). The summed E-state index contributed by atoms with van der Waals surface area (Å²) in [5, 5.41) is 7.45. The molecule has 1 aliphatic rings. The summed E-state index contributed by atoms with van der Waals surface area (Å²) in [6, 6.07) is 3.27. The molecule has 0 saturated heterocycles. The molecule has 0 fully saturated rings. The lowest BCUT2D eigenvalue weighted by molar-refractivity contribution is 0.0578. The minimum Gasteiger partial charge on any atom is -0.443 e. The van der Waals surface area contributed by atoms with Gasteiger partial charge >= 0.3 is 6.09 Å². The van der Waals surface area contributed by atoms with Crippen LogP contribution in [0, 0.1) is 11.6 Å². The zero-order valence-electron chi connectivity index (χ0n) is 17.1. The molecule has 9 nitrogen and oxygen atoms in total. The van der Waals surface area contributed by atoms with Crippen LogP contribution in [0.2, 0.25) is 5.02 Å². The van der Waals surface area contributed by atoms with Gasteiger partial charge < -0.3 is 9.64 Å². The maximum atomic E-state index is 14.3. The predicted octanol–water partition coefficient (Wildman–Crippen LogP) is 2.77. The van der Waals surface area contributed by atoms with Gasteiger partial charge in [-0.1, -0.05) is 11.6 Å². The number of aromatic nitrogens is 2. The molecule has 0 unspecified atom stereocenters. The van der Waals surface area contributed by atoms with Crippen molar-refractivity contribution in [2.45, 2.75) is 32.9 Å². The van der Waals surface area contributed by atoms with Gasteiger partial charge in [0.25, 0.3) is 5.91 Å². The molecule has 2 amide bonds. The summed E-state index contributed by atoms with van der Waals surface area (Å²) < 4.78 is 33.6. The van der Waals surface area contributed by atoms with E-state index in [4.69, 9.17) is 22.2 Å². The Labute approximate surface area is 182 Å². The molecule has 0 atom stereocenters. The van der Waals surface area contributed by atoms with Crippen molar-refractivity contribution < 1.29 is 23.1 Å². The van der Waals surface area contributed by atoms with E-state index in [1.807, 2.05) is 5.43 Å².